The van der Waals surface area contributed by atoms with Crippen molar-refractivity contribution in [1.82, 2.24) is 9.88 Å². The lowest BCUT2D eigenvalue weighted by atomic mass is 9.87. The summed E-state index contributed by atoms with van der Waals surface area (Å²) in [6.45, 7) is 7.51. The van der Waals surface area contributed by atoms with Crippen molar-refractivity contribution in [2.45, 2.75) is 90.8 Å². The summed E-state index contributed by atoms with van der Waals surface area (Å²) < 4.78 is 6.66. The van der Waals surface area contributed by atoms with E-state index < -0.39 is 0 Å². The first-order chi connectivity index (χ1) is 17.1. The largest absolute Gasteiger partial charge is 0.490 e. The quantitative estimate of drug-likeness (QED) is 0.340. The van der Waals surface area contributed by atoms with E-state index in [1.165, 1.54) is 59.1 Å². The van der Waals surface area contributed by atoms with Crippen molar-refractivity contribution in [1.29, 1.82) is 0 Å². The van der Waals surface area contributed by atoms with Gasteiger partial charge in [0.15, 0.2) is 0 Å². The van der Waals surface area contributed by atoms with Gasteiger partial charge in [-0.05, 0) is 87.6 Å². The molecule has 1 heterocycles. The molecule has 3 nitrogen and oxygen atoms in total. The Hall–Kier alpha value is -2.65. The first kappa shape index (κ1) is 24.1. The Morgan fingerprint density at radius 3 is 2.37 bits per heavy atom. The minimum absolute atomic E-state index is 0.344. The highest BCUT2D eigenvalue weighted by Gasteiger charge is 2.27. The van der Waals surface area contributed by atoms with Crippen LogP contribution in [0.4, 0.5) is 0 Å². The van der Waals surface area contributed by atoms with Crippen LogP contribution in [0.15, 0.2) is 48.5 Å². The Kier molecular flexibility index (Phi) is 7.24. The van der Waals surface area contributed by atoms with Crippen molar-refractivity contribution < 1.29 is 4.74 Å². The number of aromatic nitrogens is 1. The van der Waals surface area contributed by atoms with Crippen LogP contribution < -0.4 is 4.74 Å². The van der Waals surface area contributed by atoms with Crippen LogP contribution in [0.1, 0.15) is 85.5 Å². The first-order valence-electron chi connectivity index (χ1n) is 13.6. The maximum Gasteiger partial charge on any atom is 0.128 e. The summed E-state index contributed by atoms with van der Waals surface area (Å²) in [7, 11) is 2.27. The molecule has 35 heavy (non-hydrogen) atoms. The third-order valence-corrected chi connectivity index (χ3v) is 8.17. The molecular weight excluding hydrogens is 428 g/mol. The smallest absolute Gasteiger partial charge is 0.128 e. The maximum atomic E-state index is 6.66. The number of ether oxygens (including phenoxy) is 1. The zero-order valence-corrected chi connectivity index (χ0v) is 21.9. The number of benzene rings is 2. The molecular formula is C32H40N2O. The van der Waals surface area contributed by atoms with E-state index in [2.05, 4.69) is 81.2 Å². The Labute approximate surface area is 211 Å². The minimum Gasteiger partial charge on any atom is -0.490 e. The van der Waals surface area contributed by atoms with Gasteiger partial charge in [0.1, 0.15) is 5.75 Å². The first-order valence-corrected chi connectivity index (χ1v) is 13.6. The molecule has 0 spiro atoms. The van der Waals surface area contributed by atoms with E-state index in [9.17, 15) is 0 Å². The molecule has 1 saturated carbocycles. The second-order valence-corrected chi connectivity index (χ2v) is 10.4. The van der Waals surface area contributed by atoms with Crippen molar-refractivity contribution in [2.24, 2.45) is 0 Å². The minimum atomic E-state index is 0.344. The fourth-order valence-electron chi connectivity index (χ4n) is 5.88. The molecule has 0 N–H and O–H groups in total. The van der Waals surface area contributed by atoms with E-state index in [0.29, 0.717) is 12.1 Å². The number of hydrogen-bond donors (Lipinski definition) is 0. The van der Waals surface area contributed by atoms with Crippen LogP contribution >= 0.6 is 0 Å². The number of nitrogens with zero attached hydrogens (tertiary/aromatic N) is 2. The van der Waals surface area contributed by atoms with E-state index in [-0.39, 0.29) is 0 Å². The third-order valence-electron chi connectivity index (χ3n) is 8.17. The van der Waals surface area contributed by atoms with Gasteiger partial charge in [0.2, 0.25) is 0 Å². The normalized spacial score (nSPS) is 17.8. The van der Waals surface area contributed by atoms with Gasteiger partial charge in [-0.2, -0.15) is 0 Å². The standard InChI is InChI=1S/C32H40N2O/c1-5-23-13-9-14-24(6-2)32(23)29-20-31(35-26-16-11-17-26)28(22(3)33-29)21-34(4)30-19-10-15-25-12-7-8-18-27(25)30/h7-9,12-14,18,20,26,30H,5-6,10-11,15-17,19,21H2,1-4H3/t30-/m0/s1. The number of pyridine rings is 1. The Balaban J connectivity index is 1.52. The lowest BCUT2D eigenvalue weighted by molar-refractivity contribution is 0.116. The van der Waals surface area contributed by atoms with Gasteiger partial charge < -0.3 is 4.74 Å². The Morgan fingerprint density at radius 2 is 1.69 bits per heavy atom. The topological polar surface area (TPSA) is 25.4 Å². The zero-order chi connectivity index (χ0) is 24.4. The lowest BCUT2D eigenvalue weighted by Crippen LogP contribution is -2.29. The molecule has 0 amide bonds. The molecule has 0 aliphatic heterocycles. The summed E-state index contributed by atoms with van der Waals surface area (Å²) in [6.07, 6.45) is 9.61. The lowest BCUT2D eigenvalue weighted by Gasteiger charge is -2.34. The van der Waals surface area contributed by atoms with Crippen LogP contribution in [0.2, 0.25) is 0 Å². The molecule has 0 bridgehead atoms. The predicted molar refractivity (Wildman–Crippen MR) is 145 cm³/mol. The fourth-order valence-corrected chi connectivity index (χ4v) is 5.88. The van der Waals surface area contributed by atoms with Gasteiger partial charge in [0, 0.05) is 35.5 Å². The second-order valence-electron chi connectivity index (χ2n) is 10.4. The summed E-state index contributed by atoms with van der Waals surface area (Å²) in [4.78, 5) is 7.73. The summed E-state index contributed by atoms with van der Waals surface area (Å²) >= 11 is 0. The van der Waals surface area contributed by atoms with Gasteiger partial charge in [0.05, 0.1) is 11.8 Å². The van der Waals surface area contributed by atoms with Crippen molar-refractivity contribution in [3.05, 3.63) is 82.0 Å². The summed E-state index contributed by atoms with van der Waals surface area (Å²) in [5, 5.41) is 0. The van der Waals surface area contributed by atoms with Crippen LogP contribution in [0, 0.1) is 6.92 Å². The summed E-state index contributed by atoms with van der Waals surface area (Å²) in [5.41, 5.74) is 10.5. The highest BCUT2D eigenvalue weighted by atomic mass is 16.5. The van der Waals surface area contributed by atoms with Gasteiger partial charge in [0.25, 0.3) is 0 Å². The van der Waals surface area contributed by atoms with E-state index in [1.54, 1.807) is 0 Å². The summed E-state index contributed by atoms with van der Waals surface area (Å²) in [6, 6.07) is 18.4. The van der Waals surface area contributed by atoms with Gasteiger partial charge in [-0.25, -0.2) is 0 Å². The van der Waals surface area contributed by atoms with E-state index in [0.717, 1.165) is 49.4 Å². The molecule has 1 atom stereocenters. The van der Waals surface area contributed by atoms with Crippen molar-refractivity contribution in [3.63, 3.8) is 0 Å². The average Bonchev–Trinajstić information content (AvgIpc) is 2.86. The fraction of sp³-hybridized carbons (Fsp3) is 0.469. The Morgan fingerprint density at radius 1 is 0.943 bits per heavy atom. The van der Waals surface area contributed by atoms with E-state index >= 15 is 0 Å². The number of rotatable bonds is 8. The number of hydrogen-bond acceptors (Lipinski definition) is 3. The zero-order valence-electron chi connectivity index (χ0n) is 21.9. The molecule has 0 radical (unpaired) electrons. The van der Waals surface area contributed by atoms with E-state index in [1.807, 2.05) is 0 Å². The van der Waals surface area contributed by atoms with Gasteiger partial charge in [-0.3, -0.25) is 9.88 Å². The van der Waals surface area contributed by atoms with Crippen LogP contribution in [0.5, 0.6) is 5.75 Å². The predicted octanol–water partition coefficient (Wildman–Crippen LogP) is 7.62. The molecule has 3 aromatic rings. The van der Waals surface area contributed by atoms with Crippen LogP contribution in [-0.2, 0) is 25.8 Å². The average molecular weight is 469 g/mol. The Bertz CT molecular complexity index is 1160. The second kappa shape index (κ2) is 10.5. The molecule has 5 rings (SSSR count). The van der Waals surface area contributed by atoms with Gasteiger partial charge in [-0.1, -0.05) is 56.3 Å². The SMILES string of the molecule is CCc1cccc(CC)c1-c1cc(OC2CCC2)c(CN(C)[C@H]2CCCc3ccccc32)c(C)n1. The van der Waals surface area contributed by atoms with E-state index in [4.69, 9.17) is 9.72 Å². The molecule has 2 aliphatic rings. The van der Waals surface area contributed by atoms with Crippen LogP contribution in [0.3, 0.4) is 0 Å². The molecule has 184 valence electrons. The third kappa shape index (κ3) is 4.89. The van der Waals surface area contributed by atoms with Crippen LogP contribution in [-0.4, -0.2) is 23.0 Å². The molecule has 0 saturated heterocycles. The highest BCUT2D eigenvalue weighted by molar-refractivity contribution is 5.70. The van der Waals surface area contributed by atoms with Gasteiger partial charge in [-0.15, -0.1) is 0 Å². The van der Waals surface area contributed by atoms with Gasteiger partial charge >= 0.3 is 0 Å². The molecule has 3 heteroatoms. The maximum absolute atomic E-state index is 6.66. The molecule has 0 unspecified atom stereocenters. The van der Waals surface area contributed by atoms with Crippen LogP contribution in [0.25, 0.3) is 11.3 Å². The number of fused-ring (bicyclic) bond motifs is 1. The molecule has 1 aromatic heterocycles. The number of aryl methyl sites for hydroxylation is 4. The molecule has 1 fully saturated rings. The van der Waals surface area contributed by atoms with Crippen molar-refractivity contribution >= 4 is 0 Å². The van der Waals surface area contributed by atoms with Crippen molar-refractivity contribution in [2.75, 3.05) is 7.05 Å². The highest BCUT2D eigenvalue weighted by Crippen LogP contribution is 2.38. The van der Waals surface area contributed by atoms with Crippen molar-refractivity contribution in [3.8, 4) is 17.0 Å². The molecule has 2 aromatic carbocycles. The summed E-state index contributed by atoms with van der Waals surface area (Å²) in [5.74, 6) is 1.04. The molecule has 2 aliphatic carbocycles. The monoisotopic (exact) mass is 468 g/mol.